The molecule has 4 heteroatoms. The molecule has 0 N–H and O–H groups in total. The van der Waals surface area contributed by atoms with Gasteiger partial charge < -0.3 is 4.79 Å². The predicted octanol–water partition coefficient (Wildman–Crippen LogP) is 6.15. The first-order valence-electron chi connectivity index (χ1n) is 7.01. The van der Waals surface area contributed by atoms with Crippen molar-refractivity contribution in [2.45, 2.75) is 30.0 Å². The van der Waals surface area contributed by atoms with E-state index in [1.165, 1.54) is 36.1 Å². The highest BCUT2D eigenvalue weighted by Crippen LogP contribution is 2.50. The van der Waals surface area contributed by atoms with Crippen molar-refractivity contribution in [1.29, 1.82) is 0 Å². The van der Waals surface area contributed by atoms with Gasteiger partial charge in [-0.3, -0.25) is 0 Å². The first kappa shape index (κ1) is 17.3. The lowest BCUT2D eigenvalue weighted by atomic mass is 9.94. The van der Waals surface area contributed by atoms with Crippen molar-refractivity contribution in [1.82, 2.24) is 0 Å². The standard InChI is InChI=1S/C15H11Cl3.C3H6O/c16-15(17,18)9-14-12-7-3-1-5-10(12)11-6-2-4-8-13(11)14;1-3(2)4/h1-8,14H,9H2;1-2H3. The number of hydrogen-bond acceptors (Lipinski definition) is 1. The van der Waals surface area contributed by atoms with Crippen LogP contribution >= 0.6 is 34.8 Å². The first-order valence-corrected chi connectivity index (χ1v) is 8.15. The number of alkyl halides is 3. The van der Waals surface area contributed by atoms with Crippen LogP contribution in [-0.4, -0.2) is 9.58 Å². The third kappa shape index (κ3) is 4.25. The lowest BCUT2D eigenvalue weighted by Crippen LogP contribution is -2.09. The summed E-state index contributed by atoms with van der Waals surface area (Å²) in [5.74, 6) is 0.338. The molecule has 0 aliphatic heterocycles. The summed E-state index contributed by atoms with van der Waals surface area (Å²) in [4.78, 5) is 9.44. The van der Waals surface area contributed by atoms with Gasteiger partial charge in [0.2, 0.25) is 0 Å². The summed E-state index contributed by atoms with van der Waals surface area (Å²) in [6.07, 6.45) is 0.506. The molecule has 0 aromatic heterocycles. The summed E-state index contributed by atoms with van der Waals surface area (Å²) in [6, 6.07) is 16.7. The Bertz CT molecular complexity index is 625. The molecule has 0 spiro atoms. The molecular formula is C18H17Cl3O. The van der Waals surface area contributed by atoms with E-state index in [1.807, 2.05) is 24.3 Å². The van der Waals surface area contributed by atoms with Crippen LogP contribution in [0.25, 0.3) is 11.1 Å². The second kappa shape index (κ2) is 7.04. The highest BCUT2D eigenvalue weighted by Gasteiger charge is 2.34. The van der Waals surface area contributed by atoms with Crippen LogP contribution in [-0.2, 0) is 4.79 Å². The van der Waals surface area contributed by atoms with Crippen molar-refractivity contribution >= 4 is 40.6 Å². The molecule has 0 heterocycles. The lowest BCUT2D eigenvalue weighted by Gasteiger charge is -2.18. The van der Waals surface area contributed by atoms with Gasteiger partial charge in [-0.1, -0.05) is 83.3 Å². The molecule has 0 saturated heterocycles. The minimum atomic E-state index is -1.23. The van der Waals surface area contributed by atoms with Gasteiger partial charge in [-0.05, 0) is 36.1 Å². The summed E-state index contributed by atoms with van der Waals surface area (Å²) in [7, 11) is 0. The van der Waals surface area contributed by atoms with E-state index in [0.717, 1.165) is 0 Å². The van der Waals surface area contributed by atoms with E-state index < -0.39 is 3.79 Å². The third-order valence-corrected chi connectivity index (χ3v) is 3.86. The fraction of sp³-hybridized carbons (Fsp3) is 0.278. The van der Waals surface area contributed by atoms with E-state index in [1.54, 1.807) is 0 Å². The molecular weight excluding hydrogens is 339 g/mol. The quantitative estimate of drug-likeness (QED) is 0.560. The van der Waals surface area contributed by atoms with E-state index in [9.17, 15) is 4.79 Å². The zero-order valence-corrected chi connectivity index (χ0v) is 14.7. The minimum absolute atomic E-state index is 0.167. The summed E-state index contributed by atoms with van der Waals surface area (Å²) >= 11 is 17.9. The zero-order chi connectivity index (χ0) is 16.3. The van der Waals surface area contributed by atoms with Crippen LogP contribution in [0.15, 0.2) is 48.5 Å². The van der Waals surface area contributed by atoms with Crippen LogP contribution in [0.2, 0.25) is 0 Å². The monoisotopic (exact) mass is 354 g/mol. The van der Waals surface area contributed by atoms with Gasteiger partial charge in [0.25, 0.3) is 0 Å². The molecule has 0 atom stereocenters. The molecule has 0 bridgehead atoms. The van der Waals surface area contributed by atoms with Crippen molar-refractivity contribution in [3.8, 4) is 11.1 Å². The average Bonchev–Trinajstić information content (AvgIpc) is 2.72. The van der Waals surface area contributed by atoms with Gasteiger partial charge in [0.05, 0.1) is 0 Å². The Morgan fingerprint density at radius 1 is 0.909 bits per heavy atom. The molecule has 1 aliphatic rings. The molecule has 1 aliphatic carbocycles. The Labute approximate surface area is 146 Å². The Hall–Kier alpha value is -1.02. The Balaban J connectivity index is 0.000000396. The second-order valence-electron chi connectivity index (χ2n) is 5.45. The Kier molecular flexibility index (Phi) is 5.55. The van der Waals surface area contributed by atoms with E-state index >= 15 is 0 Å². The van der Waals surface area contributed by atoms with Crippen molar-refractivity contribution < 1.29 is 4.79 Å². The molecule has 0 amide bonds. The van der Waals surface area contributed by atoms with Crippen LogP contribution in [0.3, 0.4) is 0 Å². The molecule has 0 radical (unpaired) electrons. The number of rotatable bonds is 1. The fourth-order valence-electron chi connectivity index (χ4n) is 2.71. The summed E-state index contributed by atoms with van der Waals surface area (Å²) < 4.78 is -1.23. The van der Waals surface area contributed by atoms with E-state index in [2.05, 4.69) is 24.3 Å². The van der Waals surface area contributed by atoms with Gasteiger partial charge in [0.15, 0.2) is 3.79 Å². The van der Waals surface area contributed by atoms with Crippen LogP contribution in [0.5, 0.6) is 0 Å². The molecule has 22 heavy (non-hydrogen) atoms. The molecule has 2 aromatic rings. The molecule has 0 unspecified atom stereocenters. The number of carbonyl (C=O) groups excluding carboxylic acids is 1. The predicted molar refractivity (Wildman–Crippen MR) is 95.0 cm³/mol. The maximum absolute atomic E-state index is 9.44. The topological polar surface area (TPSA) is 17.1 Å². The van der Waals surface area contributed by atoms with Crippen LogP contribution in [0.4, 0.5) is 0 Å². The number of benzene rings is 2. The fourth-order valence-corrected chi connectivity index (χ4v) is 3.17. The third-order valence-electron chi connectivity index (χ3n) is 3.40. The van der Waals surface area contributed by atoms with E-state index in [4.69, 9.17) is 34.8 Å². The number of fused-ring (bicyclic) bond motifs is 3. The van der Waals surface area contributed by atoms with Crippen LogP contribution < -0.4 is 0 Å². The molecule has 116 valence electrons. The molecule has 0 fully saturated rings. The van der Waals surface area contributed by atoms with Gasteiger partial charge in [0, 0.05) is 12.3 Å². The Morgan fingerprint density at radius 2 is 1.27 bits per heavy atom. The highest BCUT2D eigenvalue weighted by atomic mass is 35.6. The van der Waals surface area contributed by atoms with Crippen LogP contribution in [0.1, 0.15) is 37.3 Å². The van der Waals surface area contributed by atoms with Crippen molar-refractivity contribution in [3.63, 3.8) is 0 Å². The molecule has 0 saturated carbocycles. The second-order valence-corrected chi connectivity index (χ2v) is 7.97. The SMILES string of the molecule is CC(C)=O.ClC(Cl)(Cl)CC1c2ccccc2-c2ccccc21. The van der Waals surface area contributed by atoms with Gasteiger partial charge in [-0.25, -0.2) is 0 Å². The van der Waals surface area contributed by atoms with Crippen molar-refractivity contribution in [3.05, 3.63) is 59.7 Å². The van der Waals surface area contributed by atoms with Gasteiger partial charge >= 0.3 is 0 Å². The number of halogens is 3. The average molecular weight is 356 g/mol. The number of hydrogen-bond donors (Lipinski definition) is 0. The number of Topliss-reactive ketones (excluding diaryl/α,β-unsaturated/α-hetero) is 1. The van der Waals surface area contributed by atoms with Crippen molar-refractivity contribution in [2.75, 3.05) is 0 Å². The number of ketones is 1. The van der Waals surface area contributed by atoms with Gasteiger partial charge in [-0.15, -0.1) is 0 Å². The lowest BCUT2D eigenvalue weighted by molar-refractivity contribution is -0.114. The Morgan fingerprint density at radius 3 is 1.64 bits per heavy atom. The molecule has 3 rings (SSSR count). The number of carbonyl (C=O) groups is 1. The largest absolute Gasteiger partial charge is 0.300 e. The maximum Gasteiger partial charge on any atom is 0.191 e. The minimum Gasteiger partial charge on any atom is -0.300 e. The normalized spacial score (nSPS) is 13.0. The zero-order valence-electron chi connectivity index (χ0n) is 12.4. The smallest absolute Gasteiger partial charge is 0.191 e. The summed E-state index contributed by atoms with van der Waals surface area (Å²) in [6.45, 7) is 3.06. The van der Waals surface area contributed by atoms with Gasteiger partial charge in [0.1, 0.15) is 5.78 Å². The van der Waals surface area contributed by atoms with Gasteiger partial charge in [-0.2, -0.15) is 0 Å². The molecule has 1 nitrogen and oxygen atoms in total. The van der Waals surface area contributed by atoms with Crippen molar-refractivity contribution in [2.24, 2.45) is 0 Å². The summed E-state index contributed by atoms with van der Waals surface area (Å²) in [5, 5.41) is 0. The van der Waals surface area contributed by atoms with E-state index in [-0.39, 0.29) is 11.7 Å². The summed E-state index contributed by atoms with van der Waals surface area (Å²) in [5.41, 5.74) is 5.02. The van der Waals surface area contributed by atoms with Crippen LogP contribution in [0, 0.1) is 0 Å². The first-order chi connectivity index (χ1) is 10.3. The maximum atomic E-state index is 9.44. The molecule has 2 aromatic carbocycles. The highest BCUT2D eigenvalue weighted by molar-refractivity contribution is 6.67. The van der Waals surface area contributed by atoms with E-state index in [0.29, 0.717) is 6.42 Å².